The molecule has 1 aliphatic carbocycles. The highest BCUT2D eigenvalue weighted by atomic mass is 16.1. The van der Waals surface area contributed by atoms with Crippen LogP contribution in [-0.2, 0) is 4.79 Å². The topological polar surface area (TPSA) is 29.1 Å². The monoisotopic (exact) mass is 167 g/mol. The molecule has 0 aromatic heterocycles. The molecular formula is C10H17NO. The first-order valence-electron chi connectivity index (χ1n) is 4.66. The summed E-state index contributed by atoms with van der Waals surface area (Å²) in [4.78, 5) is 10.8. The number of allylic oxidation sites excluding steroid dienone is 1. The molecule has 0 aromatic rings. The van der Waals surface area contributed by atoms with Gasteiger partial charge in [-0.05, 0) is 18.8 Å². The van der Waals surface area contributed by atoms with Crippen molar-refractivity contribution in [1.82, 2.24) is 5.32 Å². The van der Waals surface area contributed by atoms with Gasteiger partial charge in [-0.15, -0.1) is 0 Å². The second kappa shape index (κ2) is 4.29. The number of rotatable bonds is 2. The molecule has 2 unspecified atom stereocenters. The summed E-state index contributed by atoms with van der Waals surface area (Å²) in [7, 11) is 0. The van der Waals surface area contributed by atoms with E-state index in [1.165, 1.54) is 12.8 Å². The third kappa shape index (κ3) is 2.68. The van der Waals surface area contributed by atoms with Crippen molar-refractivity contribution in [3.05, 3.63) is 12.2 Å². The first-order valence-corrected chi connectivity index (χ1v) is 4.66. The molecule has 0 radical (unpaired) electrons. The minimum atomic E-state index is 0.0707. The van der Waals surface area contributed by atoms with Gasteiger partial charge in [0.15, 0.2) is 0 Å². The van der Waals surface area contributed by atoms with Gasteiger partial charge in [-0.2, -0.15) is 0 Å². The molecule has 0 fully saturated rings. The van der Waals surface area contributed by atoms with Crippen LogP contribution in [-0.4, -0.2) is 11.9 Å². The Morgan fingerprint density at radius 3 is 3.00 bits per heavy atom. The summed E-state index contributed by atoms with van der Waals surface area (Å²) < 4.78 is 0. The third-order valence-corrected chi connectivity index (χ3v) is 2.39. The lowest BCUT2D eigenvalue weighted by atomic mass is 9.89. The molecule has 0 bridgehead atoms. The van der Waals surface area contributed by atoms with E-state index in [1.807, 2.05) is 0 Å². The lowest BCUT2D eigenvalue weighted by Crippen LogP contribution is -2.34. The molecule has 0 heterocycles. The van der Waals surface area contributed by atoms with Gasteiger partial charge in [0.2, 0.25) is 5.91 Å². The molecule has 2 heteroatoms. The maximum atomic E-state index is 10.8. The molecule has 12 heavy (non-hydrogen) atoms. The van der Waals surface area contributed by atoms with Crippen LogP contribution >= 0.6 is 0 Å². The van der Waals surface area contributed by atoms with Gasteiger partial charge in [0.05, 0.1) is 0 Å². The number of hydrogen-bond acceptors (Lipinski definition) is 1. The van der Waals surface area contributed by atoms with Crippen LogP contribution in [0.4, 0.5) is 0 Å². The zero-order valence-corrected chi connectivity index (χ0v) is 7.84. The van der Waals surface area contributed by atoms with Crippen LogP contribution in [0.15, 0.2) is 12.2 Å². The van der Waals surface area contributed by atoms with E-state index in [0.717, 1.165) is 12.3 Å². The molecule has 0 spiro atoms. The molecule has 2 atom stereocenters. The van der Waals surface area contributed by atoms with Gasteiger partial charge in [-0.1, -0.05) is 25.5 Å². The Kier molecular flexibility index (Phi) is 3.32. The Morgan fingerprint density at radius 1 is 1.67 bits per heavy atom. The zero-order valence-electron chi connectivity index (χ0n) is 7.84. The van der Waals surface area contributed by atoms with Gasteiger partial charge in [-0.25, -0.2) is 0 Å². The van der Waals surface area contributed by atoms with Crippen LogP contribution < -0.4 is 5.32 Å². The van der Waals surface area contributed by atoms with Gasteiger partial charge in [0.25, 0.3) is 0 Å². The zero-order chi connectivity index (χ0) is 8.97. The fourth-order valence-electron chi connectivity index (χ4n) is 1.67. The normalized spacial score (nSPS) is 28.5. The fraction of sp³-hybridized carbons (Fsp3) is 0.700. The van der Waals surface area contributed by atoms with E-state index in [9.17, 15) is 4.79 Å². The highest BCUT2D eigenvalue weighted by Crippen LogP contribution is 2.21. The molecule has 1 amide bonds. The van der Waals surface area contributed by atoms with Gasteiger partial charge in [0.1, 0.15) is 0 Å². The first kappa shape index (κ1) is 9.30. The lowest BCUT2D eigenvalue weighted by Gasteiger charge is -2.23. The van der Waals surface area contributed by atoms with Crippen molar-refractivity contribution >= 4 is 5.91 Å². The number of carbonyl (C=O) groups excluding carboxylic acids is 1. The minimum absolute atomic E-state index is 0.0707. The largest absolute Gasteiger partial charge is 0.350 e. The Labute approximate surface area is 74.0 Å². The summed E-state index contributed by atoms with van der Waals surface area (Å²) >= 11 is 0. The smallest absolute Gasteiger partial charge is 0.217 e. The van der Waals surface area contributed by atoms with Crippen molar-refractivity contribution in [2.24, 2.45) is 5.92 Å². The van der Waals surface area contributed by atoms with Crippen molar-refractivity contribution in [3.63, 3.8) is 0 Å². The molecule has 1 aliphatic rings. The average molecular weight is 167 g/mol. The van der Waals surface area contributed by atoms with Crippen LogP contribution in [0, 0.1) is 5.92 Å². The van der Waals surface area contributed by atoms with Crippen molar-refractivity contribution in [3.8, 4) is 0 Å². The van der Waals surface area contributed by atoms with Crippen molar-refractivity contribution in [2.45, 2.75) is 39.2 Å². The summed E-state index contributed by atoms with van der Waals surface area (Å²) in [5.41, 5.74) is 0. The fourth-order valence-corrected chi connectivity index (χ4v) is 1.67. The third-order valence-electron chi connectivity index (χ3n) is 2.39. The van der Waals surface area contributed by atoms with Crippen LogP contribution in [0.5, 0.6) is 0 Å². The predicted octanol–water partition coefficient (Wildman–Crippen LogP) is 1.87. The van der Waals surface area contributed by atoms with Gasteiger partial charge in [-0.3, -0.25) is 4.79 Å². The summed E-state index contributed by atoms with van der Waals surface area (Å²) in [5.74, 6) is 0.827. The summed E-state index contributed by atoms with van der Waals surface area (Å²) in [6.07, 6.45) is 7.77. The van der Waals surface area contributed by atoms with E-state index in [1.54, 1.807) is 6.92 Å². The molecule has 1 rings (SSSR count). The van der Waals surface area contributed by atoms with Crippen molar-refractivity contribution in [1.29, 1.82) is 0 Å². The lowest BCUT2D eigenvalue weighted by molar-refractivity contribution is -0.119. The molecule has 0 aromatic carbocycles. The second-order valence-electron chi connectivity index (χ2n) is 3.48. The van der Waals surface area contributed by atoms with Crippen molar-refractivity contribution < 1.29 is 4.79 Å². The number of amides is 1. The molecule has 0 aliphatic heterocycles. The van der Waals surface area contributed by atoms with Gasteiger partial charge < -0.3 is 5.32 Å². The van der Waals surface area contributed by atoms with E-state index >= 15 is 0 Å². The van der Waals surface area contributed by atoms with Crippen LogP contribution in [0.2, 0.25) is 0 Å². The Balaban J connectivity index is 2.40. The Bertz CT molecular complexity index is 186. The highest BCUT2D eigenvalue weighted by Gasteiger charge is 2.16. The Morgan fingerprint density at radius 2 is 2.42 bits per heavy atom. The van der Waals surface area contributed by atoms with Gasteiger partial charge >= 0.3 is 0 Å². The second-order valence-corrected chi connectivity index (χ2v) is 3.48. The van der Waals surface area contributed by atoms with E-state index in [2.05, 4.69) is 24.4 Å². The Hall–Kier alpha value is -0.790. The molecular weight excluding hydrogens is 150 g/mol. The maximum Gasteiger partial charge on any atom is 0.217 e. The molecule has 68 valence electrons. The highest BCUT2D eigenvalue weighted by molar-refractivity contribution is 5.73. The number of carbonyl (C=O) groups is 1. The number of nitrogens with one attached hydrogen (secondary N) is 1. The SMILES string of the molecule is CCC1CC=CC(NC(C)=O)C1. The van der Waals surface area contributed by atoms with E-state index in [-0.39, 0.29) is 11.9 Å². The van der Waals surface area contributed by atoms with Gasteiger partial charge in [0, 0.05) is 13.0 Å². The molecule has 0 saturated heterocycles. The summed E-state index contributed by atoms with van der Waals surface area (Å²) in [6.45, 7) is 3.78. The molecule has 2 nitrogen and oxygen atoms in total. The summed E-state index contributed by atoms with van der Waals surface area (Å²) in [5, 5.41) is 2.92. The van der Waals surface area contributed by atoms with E-state index in [0.29, 0.717) is 0 Å². The van der Waals surface area contributed by atoms with Crippen molar-refractivity contribution in [2.75, 3.05) is 0 Å². The average Bonchev–Trinajstić information content (AvgIpc) is 2.03. The predicted molar refractivity (Wildman–Crippen MR) is 49.8 cm³/mol. The molecule has 0 saturated carbocycles. The summed E-state index contributed by atoms with van der Waals surface area (Å²) in [6, 6.07) is 0.279. The molecule has 1 N–H and O–H groups in total. The maximum absolute atomic E-state index is 10.8. The van der Waals surface area contributed by atoms with E-state index < -0.39 is 0 Å². The van der Waals surface area contributed by atoms with Crippen LogP contribution in [0.25, 0.3) is 0 Å². The quantitative estimate of drug-likeness (QED) is 0.625. The number of hydrogen-bond donors (Lipinski definition) is 1. The first-order chi connectivity index (χ1) is 5.72. The van der Waals surface area contributed by atoms with E-state index in [4.69, 9.17) is 0 Å². The van der Waals surface area contributed by atoms with Crippen LogP contribution in [0.3, 0.4) is 0 Å². The van der Waals surface area contributed by atoms with Crippen LogP contribution in [0.1, 0.15) is 33.1 Å². The minimum Gasteiger partial charge on any atom is -0.350 e. The standard InChI is InChI=1S/C10H17NO/c1-3-9-5-4-6-10(7-9)11-8(2)12/h4,6,9-10H,3,5,7H2,1-2H3,(H,11,12).